The average Bonchev–Trinajstić information content (AvgIpc) is 2.73. The third kappa shape index (κ3) is 3.76. The molecular weight excluding hydrogens is 301 g/mol. The van der Waals surface area contributed by atoms with E-state index in [4.69, 9.17) is 5.11 Å². The van der Waals surface area contributed by atoms with Crippen molar-refractivity contribution in [3.63, 3.8) is 0 Å². The van der Waals surface area contributed by atoms with E-state index in [2.05, 4.69) is 5.32 Å². The minimum absolute atomic E-state index is 0.285. The van der Waals surface area contributed by atoms with Crippen LogP contribution in [0.5, 0.6) is 0 Å². The van der Waals surface area contributed by atoms with E-state index in [0.717, 1.165) is 5.56 Å². The fourth-order valence-electron chi connectivity index (χ4n) is 2.18. The van der Waals surface area contributed by atoms with Crippen LogP contribution in [0.3, 0.4) is 0 Å². The molecule has 2 unspecified atom stereocenters. The Morgan fingerprint density at radius 2 is 1.86 bits per heavy atom. The molecule has 1 fully saturated rings. The summed E-state index contributed by atoms with van der Waals surface area (Å²) in [5.41, 5.74) is 0.957. The number of halogens is 3. The summed E-state index contributed by atoms with van der Waals surface area (Å²) in [5.74, 6) is -0.746. The van der Waals surface area contributed by atoms with Crippen LogP contribution in [0.25, 0.3) is 0 Å². The number of nitrogens with zero attached hydrogens (tertiary/aromatic N) is 1. The first-order chi connectivity index (χ1) is 10.3. The molecule has 0 saturated carbocycles. The average molecular weight is 316 g/mol. The first kappa shape index (κ1) is 16.3. The molecule has 1 heterocycles. The van der Waals surface area contributed by atoms with Crippen LogP contribution in [0, 0.1) is 0 Å². The quantitative estimate of drug-likeness (QED) is 0.808. The number of aryl methyl sites for hydroxylation is 1. The molecule has 22 heavy (non-hydrogen) atoms. The van der Waals surface area contributed by atoms with E-state index in [1.165, 1.54) is 0 Å². The third-order valence-electron chi connectivity index (χ3n) is 3.40. The van der Waals surface area contributed by atoms with Gasteiger partial charge < -0.3 is 10.4 Å². The second-order valence-corrected chi connectivity index (χ2v) is 5.03. The molecular formula is C14H15F3N2O3. The monoisotopic (exact) mass is 316 g/mol. The second-order valence-electron chi connectivity index (χ2n) is 5.03. The minimum Gasteiger partial charge on any atom is -0.382 e. The van der Waals surface area contributed by atoms with Crippen molar-refractivity contribution >= 4 is 11.9 Å². The summed E-state index contributed by atoms with van der Waals surface area (Å²) in [4.78, 5) is 24.0. The van der Waals surface area contributed by atoms with Crippen LogP contribution in [0.2, 0.25) is 0 Å². The summed E-state index contributed by atoms with van der Waals surface area (Å²) in [5, 5.41) is 11.3. The van der Waals surface area contributed by atoms with Gasteiger partial charge in [0.15, 0.2) is 6.10 Å². The van der Waals surface area contributed by atoms with Gasteiger partial charge in [-0.25, -0.2) is 4.79 Å². The summed E-state index contributed by atoms with van der Waals surface area (Å²) in [6.45, 7) is -1.09. The molecule has 0 aliphatic carbocycles. The lowest BCUT2D eigenvalue weighted by Gasteiger charge is -2.19. The molecule has 8 heteroatoms. The fraction of sp³-hybridized carbons (Fsp3) is 0.429. The Kier molecular flexibility index (Phi) is 4.70. The molecule has 1 aromatic rings. The number of carbonyl (C=O) groups excluding carboxylic acids is 2. The van der Waals surface area contributed by atoms with E-state index in [0.29, 0.717) is 11.3 Å². The zero-order chi connectivity index (χ0) is 16.3. The Bertz CT molecular complexity index is 548. The fourth-order valence-corrected chi connectivity index (χ4v) is 2.18. The largest absolute Gasteiger partial charge is 0.416 e. The number of imide groups is 1. The molecule has 2 rings (SSSR count). The zero-order valence-electron chi connectivity index (χ0n) is 11.5. The van der Waals surface area contributed by atoms with Crippen LogP contribution in [0.4, 0.5) is 18.0 Å². The number of nitrogens with one attached hydrogen (secondary N) is 1. The van der Waals surface area contributed by atoms with Gasteiger partial charge in [0, 0.05) is 0 Å². The molecule has 1 aromatic carbocycles. The standard InChI is InChI=1S/C14H15F3N2O3/c15-14(16,17)11(20)8-19-12(21)10(18-13(19)22)7-6-9-4-2-1-3-5-9/h1-5,10-11,20H,6-8H2,(H,18,22). The first-order valence-electron chi connectivity index (χ1n) is 6.69. The topological polar surface area (TPSA) is 69.6 Å². The van der Waals surface area contributed by atoms with Crippen molar-refractivity contribution in [3.8, 4) is 0 Å². The molecule has 0 bridgehead atoms. The summed E-state index contributed by atoms with van der Waals surface area (Å²) < 4.78 is 36.9. The number of carbonyl (C=O) groups is 2. The lowest BCUT2D eigenvalue weighted by atomic mass is 10.1. The van der Waals surface area contributed by atoms with Gasteiger partial charge in [0.2, 0.25) is 0 Å². The van der Waals surface area contributed by atoms with E-state index in [9.17, 15) is 22.8 Å². The van der Waals surface area contributed by atoms with E-state index >= 15 is 0 Å². The van der Waals surface area contributed by atoms with Gasteiger partial charge in [-0.15, -0.1) is 0 Å². The van der Waals surface area contributed by atoms with Crippen LogP contribution < -0.4 is 5.32 Å². The summed E-state index contributed by atoms with van der Waals surface area (Å²) in [6.07, 6.45) is -6.82. The van der Waals surface area contributed by atoms with Gasteiger partial charge in [0.05, 0.1) is 6.54 Å². The molecule has 0 spiro atoms. The van der Waals surface area contributed by atoms with Crippen molar-refractivity contribution in [2.45, 2.75) is 31.2 Å². The minimum atomic E-state index is -4.87. The maximum absolute atomic E-state index is 12.3. The summed E-state index contributed by atoms with van der Waals surface area (Å²) >= 11 is 0. The van der Waals surface area contributed by atoms with Crippen LogP contribution in [0.15, 0.2) is 30.3 Å². The van der Waals surface area contributed by atoms with Gasteiger partial charge >= 0.3 is 12.2 Å². The predicted octanol–water partition coefficient (Wildman–Crippen LogP) is 1.46. The number of β-amino-alcohol motifs (C(OH)–C–C–N with tert-alkyl or cyclic N) is 1. The number of aliphatic hydroxyl groups is 1. The molecule has 1 saturated heterocycles. The third-order valence-corrected chi connectivity index (χ3v) is 3.40. The van der Waals surface area contributed by atoms with Crippen molar-refractivity contribution in [2.75, 3.05) is 6.54 Å². The Morgan fingerprint density at radius 3 is 2.45 bits per heavy atom. The number of benzene rings is 1. The molecule has 2 N–H and O–H groups in total. The SMILES string of the molecule is O=C1NC(CCc2ccccc2)C(=O)N1CC(O)C(F)(F)F. The van der Waals surface area contributed by atoms with Crippen molar-refractivity contribution in [1.82, 2.24) is 10.2 Å². The number of aliphatic hydroxyl groups excluding tert-OH is 1. The van der Waals surface area contributed by atoms with Crippen LogP contribution in [-0.4, -0.2) is 46.8 Å². The van der Waals surface area contributed by atoms with E-state index in [1.807, 2.05) is 30.3 Å². The predicted molar refractivity (Wildman–Crippen MR) is 70.9 cm³/mol. The number of urea groups is 1. The maximum Gasteiger partial charge on any atom is 0.416 e. The highest BCUT2D eigenvalue weighted by Gasteiger charge is 2.45. The van der Waals surface area contributed by atoms with Gasteiger partial charge in [-0.2, -0.15) is 13.2 Å². The van der Waals surface area contributed by atoms with Gasteiger partial charge in [-0.3, -0.25) is 9.69 Å². The van der Waals surface area contributed by atoms with Crippen LogP contribution in [-0.2, 0) is 11.2 Å². The second kappa shape index (κ2) is 6.35. The van der Waals surface area contributed by atoms with Crippen molar-refractivity contribution in [2.24, 2.45) is 0 Å². The highest BCUT2D eigenvalue weighted by molar-refractivity contribution is 6.04. The summed E-state index contributed by atoms with van der Waals surface area (Å²) in [6, 6.07) is 7.43. The van der Waals surface area contributed by atoms with E-state index < -0.39 is 36.8 Å². The number of rotatable bonds is 5. The van der Waals surface area contributed by atoms with E-state index in [1.54, 1.807) is 0 Å². The number of hydrogen-bond donors (Lipinski definition) is 2. The van der Waals surface area contributed by atoms with Gasteiger partial charge in [0.1, 0.15) is 6.04 Å². The van der Waals surface area contributed by atoms with E-state index in [-0.39, 0.29) is 6.42 Å². The number of amides is 3. The summed E-state index contributed by atoms with van der Waals surface area (Å²) in [7, 11) is 0. The zero-order valence-corrected chi connectivity index (χ0v) is 11.5. The molecule has 0 radical (unpaired) electrons. The molecule has 2 atom stereocenters. The first-order valence-corrected chi connectivity index (χ1v) is 6.69. The maximum atomic E-state index is 12.3. The molecule has 120 valence electrons. The highest BCUT2D eigenvalue weighted by atomic mass is 19.4. The number of hydrogen-bond acceptors (Lipinski definition) is 3. The molecule has 3 amide bonds. The number of alkyl halides is 3. The smallest absolute Gasteiger partial charge is 0.382 e. The lowest BCUT2D eigenvalue weighted by molar-refractivity contribution is -0.206. The molecule has 1 aliphatic rings. The van der Waals surface area contributed by atoms with Gasteiger partial charge in [-0.1, -0.05) is 30.3 Å². The molecule has 0 aromatic heterocycles. The van der Waals surface area contributed by atoms with Crippen molar-refractivity contribution in [1.29, 1.82) is 0 Å². The lowest BCUT2D eigenvalue weighted by Crippen LogP contribution is -2.44. The van der Waals surface area contributed by atoms with Crippen LogP contribution >= 0.6 is 0 Å². The van der Waals surface area contributed by atoms with Gasteiger partial charge in [-0.05, 0) is 18.4 Å². The highest BCUT2D eigenvalue weighted by Crippen LogP contribution is 2.22. The Labute approximate surface area is 124 Å². The normalized spacial score (nSPS) is 20.2. The molecule has 1 aliphatic heterocycles. The molecule has 5 nitrogen and oxygen atoms in total. The van der Waals surface area contributed by atoms with Gasteiger partial charge in [0.25, 0.3) is 5.91 Å². The van der Waals surface area contributed by atoms with Crippen molar-refractivity contribution in [3.05, 3.63) is 35.9 Å². The Hall–Kier alpha value is -2.09. The Morgan fingerprint density at radius 1 is 1.23 bits per heavy atom. The van der Waals surface area contributed by atoms with Crippen LogP contribution in [0.1, 0.15) is 12.0 Å². The Balaban J connectivity index is 1.94. The van der Waals surface area contributed by atoms with Crippen molar-refractivity contribution < 1.29 is 27.9 Å².